The number of piperazine rings is 1. The number of amides is 4. The second-order valence-electron chi connectivity index (χ2n) is 17.6. The summed E-state index contributed by atoms with van der Waals surface area (Å²) in [5.74, 6) is 0.475. The van der Waals surface area contributed by atoms with Crippen LogP contribution in [0.1, 0.15) is 67.7 Å². The molecule has 0 aliphatic carbocycles. The number of nitrogens with zero attached hydrogens (tertiary/aromatic N) is 9. The molecule has 3 saturated heterocycles. The van der Waals surface area contributed by atoms with Gasteiger partial charge in [-0.3, -0.25) is 29.7 Å². The highest BCUT2D eigenvalue weighted by Gasteiger charge is 2.27. The molecule has 62 heavy (non-hydrogen) atoms. The molecule has 16 heteroatoms. The van der Waals surface area contributed by atoms with E-state index in [1.54, 1.807) is 11.2 Å². The monoisotopic (exact) mass is 836 g/mol. The van der Waals surface area contributed by atoms with Gasteiger partial charge >= 0.3 is 17.8 Å². The Balaban J connectivity index is 0.759. The lowest BCUT2D eigenvalue weighted by atomic mass is 9.95. The number of pyridine rings is 1. The summed E-state index contributed by atoms with van der Waals surface area (Å²) in [6, 6.07) is 20.1. The van der Waals surface area contributed by atoms with Gasteiger partial charge in [0.15, 0.2) is 5.82 Å². The molecule has 0 saturated carbocycles. The number of H-pyrrole nitrogens is 1. The van der Waals surface area contributed by atoms with E-state index in [1.807, 2.05) is 58.2 Å². The van der Waals surface area contributed by atoms with Gasteiger partial charge in [-0.1, -0.05) is 38.1 Å². The van der Waals surface area contributed by atoms with Crippen molar-refractivity contribution in [3.05, 3.63) is 96.0 Å². The Morgan fingerprint density at radius 1 is 0.855 bits per heavy atom. The minimum atomic E-state index is -0.409. The van der Waals surface area contributed by atoms with Crippen LogP contribution in [0.15, 0.2) is 77.7 Å². The van der Waals surface area contributed by atoms with Crippen LogP contribution >= 0.6 is 0 Å². The maximum absolute atomic E-state index is 12.7. The molecule has 0 bridgehead atoms. The topological polar surface area (TPSA) is 182 Å². The molecule has 9 rings (SSSR count). The highest BCUT2D eigenvalue weighted by atomic mass is 16.5. The molecular formula is C46H52N12O4. The van der Waals surface area contributed by atoms with Crippen LogP contribution in [0.4, 0.5) is 21.9 Å². The second kappa shape index (κ2) is 17.0. The van der Waals surface area contributed by atoms with E-state index in [2.05, 4.69) is 86.8 Å². The van der Waals surface area contributed by atoms with Crippen LogP contribution in [0.5, 0.6) is 0 Å². The molecule has 3 N–H and O–H groups in total. The Morgan fingerprint density at radius 3 is 2.29 bits per heavy atom. The van der Waals surface area contributed by atoms with Crippen LogP contribution in [0.2, 0.25) is 0 Å². The van der Waals surface area contributed by atoms with Gasteiger partial charge in [-0.25, -0.2) is 14.8 Å². The molecule has 2 aromatic carbocycles. The Bertz CT molecular complexity index is 2580. The zero-order valence-electron chi connectivity index (χ0n) is 35.6. The fourth-order valence-electron chi connectivity index (χ4n) is 8.53. The summed E-state index contributed by atoms with van der Waals surface area (Å²) in [6.07, 6.45) is 6.17. The maximum atomic E-state index is 12.7. The summed E-state index contributed by atoms with van der Waals surface area (Å²) >= 11 is 0. The zero-order chi connectivity index (χ0) is 43.0. The summed E-state index contributed by atoms with van der Waals surface area (Å²) in [5, 5.41) is 10.1. The number of nitrogens with one attached hydrogen (secondary N) is 3. The van der Waals surface area contributed by atoms with Gasteiger partial charge < -0.3 is 24.6 Å². The van der Waals surface area contributed by atoms with Gasteiger partial charge in [0.1, 0.15) is 12.0 Å². The number of aromatic nitrogens is 6. The van der Waals surface area contributed by atoms with Gasteiger partial charge in [-0.05, 0) is 85.3 Å². The SMILES string of the molecule is Cc1cc(-c2ncnc3[nH]c(-c4ccc(N5CCC(CN6CCN(c7ccc(N8CCC(=O)NC8=O)cc7)CC6)CC5)cn4)cc23)ccc1CNC(=O)c1nc(C(C)(C)C)no1. The van der Waals surface area contributed by atoms with E-state index in [1.165, 1.54) is 0 Å². The van der Waals surface area contributed by atoms with Crippen molar-refractivity contribution in [3.63, 3.8) is 0 Å². The van der Waals surface area contributed by atoms with Crippen LogP contribution in [-0.2, 0) is 16.8 Å². The molecule has 3 fully saturated rings. The molecule has 6 aromatic rings. The van der Waals surface area contributed by atoms with Crippen LogP contribution in [-0.4, -0.2) is 105 Å². The summed E-state index contributed by atoms with van der Waals surface area (Å²) in [7, 11) is 0. The van der Waals surface area contributed by atoms with E-state index < -0.39 is 5.91 Å². The predicted molar refractivity (Wildman–Crippen MR) is 237 cm³/mol. The van der Waals surface area contributed by atoms with Crippen LogP contribution < -0.4 is 25.3 Å². The minimum absolute atomic E-state index is 0.0473. The molecule has 16 nitrogen and oxygen atoms in total. The number of benzene rings is 2. The lowest BCUT2D eigenvalue weighted by molar-refractivity contribution is -0.120. The number of carbonyl (C=O) groups is 3. The highest BCUT2D eigenvalue weighted by Crippen LogP contribution is 2.32. The number of rotatable bonds is 10. The van der Waals surface area contributed by atoms with E-state index in [0.29, 0.717) is 31.3 Å². The van der Waals surface area contributed by atoms with Crippen molar-refractivity contribution in [1.82, 2.24) is 45.6 Å². The van der Waals surface area contributed by atoms with E-state index in [4.69, 9.17) is 9.51 Å². The number of imide groups is 1. The number of fused-ring (bicyclic) bond motifs is 1. The number of carbonyl (C=O) groups excluding carboxylic acids is 3. The average molecular weight is 837 g/mol. The molecule has 4 aromatic heterocycles. The minimum Gasteiger partial charge on any atom is -0.370 e. The normalized spacial score (nSPS) is 16.9. The maximum Gasteiger partial charge on any atom is 0.328 e. The number of hydrogen-bond donors (Lipinski definition) is 3. The Labute approximate surface area is 360 Å². The van der Waals surface area contributed by atoms with Gasteiger partial charge in [0, 0.05) is 93.1 Å². The third-order valence-corrected chi connectivity index (χ3v) is 12.2. The van der Waals surface area contributed by atoms with Gasteiger partial charge in [-0.2, -0.15) is 4.98 Å². The molecule has 3 aliphatic rings. The van der Waals surface area contributed by atoms with Crippen molar-refractivity contribution < 1.29 is 18.9 Å². The van der Waals surface area contributed by atoms with Crippen molar-refractivity contribution in [1.29, 1.82) is 0 Å². The lowest BCUT2D eigenvalue weighted by Gasteiger charge is -2.40. The number of anilines is 3. The van der Waals surface area contributed by atoms with Gasteiger partial charge in [-0.15, -0.1) is 0 Å². The van der Waals surface area contributed by atoms with Crippen molar-refractivity contribution in [3.8, 4) is 22.6 Å². The third kappa shape index (κ3) is 8.73. The molecule has 7 heterocycles. The molecule has 0 atom stereocenters. The fraction of sp³-hybridized carbons (Fsp3) is 0.391. The predicted octanol–water partition coefficient (Wildman–Crippen LogP) is 6.09. The smallest absolute Gasteiger partial charge is 0.328 e. The first-order chi connectivity index (χ1) is 29.9. The van der Waals surface area contributed by atoms with Crippen LogP contribution in [0.25, 0.3) is 33.7 Å². The largest absolute Gasteiger partial charge is 0.370 e. The Hall–Kier alpha value is -6.68. The van der Waals surface area contributed by atoms with Gasteiger partial charge in [0.2, 0.25) is 5.91 Å². The van der Waals surface area contributed by atoms with Crippen molar-refractivity contribution in [2.24, 2.45) is 5.92 Å². The number of aryl methyl sites for hydroxylation is 1. The first-order valence-corrected chi connectivity index (χ1v) is 21.4. The van der Waals surface area contributed by atoms with E-state index in [-0.39, 0.29) is 23.2 Å². The molecule has 0 unspecified atom stereocenters. The van der Waals surface area contributed by atoms with E-state index >= 15 is 0 Å². The lowest BCUT2D eigenvalue weighted by Crippen LogP contribution is -2.49. The number of hydrogen-bond acceptors (Lipinski definition) is 12. The van der Waals surface area contributed by atoms with Crippen LogP contribution in [0, 0.1) is 12.8 Å². The third-order valence-electron chi connectivity index (χ3n) is 12.2. The highest BCUT2D eigenvalue weighted by molar-refractivity contribution is 6.05. The summed E-state index contributed by atoms with van der Waals surface area (Å²) in [4.78, 5) is 67.4. The zero-order valence-corrected chi connectivity index (χ0v) is 35.6. The average Bonchev–Trinajstić information content (AvgIpc) is 3.96. The fourth-order valence-corrected chi connectivity index (χ4v) is 8.53. The van der Waals surface area contributed by atoms with Crippen molar-refractivity contribution in [2.45, 2.75) is 58.9 Å². The van der Waals surface area contributed by atoms with Crippen LogP contribution in [0.3, 0.4) is 0 Å². The molecule has 0 spiro atoms. The summed E-state index contributed by atoms with van der Waals surface area (Å²) < 4.78 is 5.20. The first kappa shape index (κ1) is 40.7. The summed E-state index contributed by atoms with van der Waals surface area (Å²) in [5.41, 5.74) is 8.99. The quantitative estimate of drug-likeness (QED) is 0.145. The van der Waals surface area contributed by atoms with Gasteiger partial charge in [0.25, 0.3) is 0 Å². The molecule has 320 valence electrons. The number of urea groups is 1. The van der Waals surface area contributed by atoms with Crippen molar-refractivity contribution >= 4 is 45.9 Å². The Kier molecular flexibility index (Phi) is 11.2. The standard InChI is InChI=1S/C46H52N12O4/c1-29-23-31(5-6-32(29)25-48-42(60)43-53-44(54-62-43)46(2,3)4)40-36-24-38(51-41(36)50-28-49-40)37-12-11-35(26-47-37)56-16-13-30(14-17-56)27-55-19-21-57(22-20-55)33-7-9-34(10-8-33)58-18-15-39(59)52-45(58)61/h5-12,23-24,26,28,30H,13-22,25,27H2,1-4H3,(H,48,60)(H,49,50,51)(H,52,59,61). The molecule has 3 aliphatic heterocycles. The van der Waals surface area contributed by atoms with E-state index in [0.717, 1.165) is 121 Å². The van der Waals surface area contributed by atoms with Crippen molar-refractivity contribution in [2.75, 3.05) is 67.1 Å². The van der Waals surface area contributed by atoms with E-state index in [9.17, 15) is 14.4 Å². The molecule has 0 radical (unpaired) electrons. The number of aromatic amines is 1. The molecular weight excluding hydrogens is 785 g/mol. The molecule has 4 amide bonds. The Morgan fingerprint density at radius 2 is 1.60 bits per heavy atom. The summed E-state index contributed by atoms with van der Waals surface area (Å²) in [6.45, 7) is 15.8. The van der Waals surface area contributed by atoms with Gasteiger partial charge in [0.05, 0.1) is 29.0 Å². The number of piperidine rings is 1. The first-order valence-electron chi connectivity index (χ1n) is 21.4. The second-order valence-corrected chi connectivity index (χ2v) is 17.6.